The number of nitrogens with zero attached hydrogens (tertiary/aromatic N) is 2. The number of aryl methyl sites for hydroxylation is 1. The summed E-state index contributed by atoms with van der Waals surface area (Å²) in [5, 5.41) is 23.3. The van der Waals surface area contributed by atoms with E-state index in [4.69, 9.17) is 4.74 Å². The number of hydrogen-bond donors (Lipinski definition) is 2. The second-order valence-electron chi connectivity index (χ2n) is 12.5. The molecule has 2 aliphatic heterocycles. The maximum absolute atomic E-state index is 13.9. The van der Waals surface area contributed by atoms with Gasteiger partial charge in [-0.1, -0.05) is 12.1 Å². The zero-order chi connectivity index (χ0) is 28.9. The summed E-state index contributed by atoms with van der Waals surface area (Å²) in [4.78, 5) is 31.1. The van der Waals surface area contributed by atoms with E-state index < -0.39 is 40.9 Å². The highest BCUT2D eigenvalue weighted by molar-refractivity contribution is 6.06. The summed E-state index contributed by atoms with van der Waals surface area (Å²) in [6.45, 7) is 1.38. The Kier molecular flexibility index (Phi) is 6.87. The molecule has 0 aromatic heterocycles. The average Bonchev–Trinajstić information content (AvgIpc) is 3.68. The van der Waals surface area contributed by atoms with E-state index in [2.05, 4.69) is 4.90 Å². The molecule has 2 bridgehead atoms. The number of halogens is 4. The molecule has 42 heavy (non-hydrogen) atoms. The van der Waals surface area contributed by atoms with Crippen molar-refractivity contribution >= 4 is 24.1 Å². The molecule has 0 radical (unpaired) electrons. The fraction of sp³-hybridized carbons (Fsp3) is 0.548. The molecular formula is C31H34ClF3N2O5. The van der Waals surface area contributed by atoms with Crippen molar-refractivity contribution in [2.45, 2.75) is 80.3 Å². The Morgan fingerprint density at radius 2 is 1.83 bits per heavy atom. The van der Waals surface area contributed by atoms with Gasteiger partial charge in [-0.25, -0.2) is 0 Å². The predicted molar refractivity (Wildman–Crippen MR) is 149 cm³/mol. The number of ether oxygens (including phenoxy) is 1. The van der Waals surface area contributed by atoms with Crippen LogP contribution in [0.3, 0.4) is 0 Å². The molecule has 1 spiro atoms. The van der Waals surface area contributed by atoms with Crippen molar-refractivity contribution in [3.63, 3.8) is 0 Å². The van der Waals surface area contributed by atoms with E-state index >= 15 is 0 Å². The number of amides is 1. The molecule has 3 aliphatic carbocycles. The monoisotopic (exact) mass is 606 g/mol. The fourth-order valence-electron chi connectivity index (χ4n) is 8.17. The van der Waals surface area contributed by atoms with E-state index in [1.54, 1.807) is 18.0 Å². The lowest BCUT2D eigenvalue weighted by atomic mass is 9.48. The Morgan fingerprint density at radius 1 is 1.12 bits per heavy atom. The third-order valence-corrected chi connectivity index (χ3v) is 10.4. The van der Waals surface area contributed by atoms with Crippen LogP contribution in [0.4, 0.5) is 13.2 Å². The quantitative estimate of drug-likeness (QED) is 0.504. The van der Waals surface area contributed by atoms with Crippen LogP contribution in [0.1, 0.15) is 65.6 Å². The first-order valence-corrected chi connectivity index (χ1v) is 14.4. The summed E-state index contributed by atoms with van der Waals surface area (Å²) in [7, 11) is 1.70. The number of carbonyl (C=O) groups excluding carboxylic acids is 2. The minimum absolute atomic E-state index is 0. The highest BCUT2D eigenvalue weighted by atomic mass is 35.5. The normalized spacial score (nSPS) is 31.2. The molecule has 1 amide bonds. The summed E-state index contributed by atoms with van der Waals surface area (Å²) < 4.78 is 45.2. The number of hydrogen-bond acceptors (Lipinski definition) is 6. The van der Waals surface area contributed by atoms with E-state index in [0.717, 1.165) is 31.5 Å². The Balaban J connectivity index is 0.00000316. The summed E-state index contributed by atoms with van der Waals surface area (Å²) >= 11 is 0. The number of benzene rings is 2. The molecule has 2 saturated carbocycles. The number of likely N-dealkylation sites (tertiary alicyclic amines) is 1. The number of rotatable bonds is 6. The zero-order valence-electron chi connectivity index (χ0n) is 23.2. The molecule has 7 nitrogen and oxygen atoms in total. The minimum Gasteiger partial charge on any atom is -0.504 e. The first kappa shape index (κ1) is 29.3. The van der Waals surface area contributed by atoms with Gasteiger partial charge in [0.15, 0.2) is 17.3 Å². The second kappa shape index (κ2) is 9.86. The van der Waals surface area contributed by atoms with Crippen LogP contribution >= 0.6 is 12.4 Å². The smallest absolute Gasteiger partial charge is 0.416 e. The van der Waals surface area contributed by atoms with Crippen LogP contribution < -0.4 is 4.74 Å². The number of phenolic OH excluding ortho intramolecular Hbond substituents is 1. The first-order valence-electron chi connectivity index (χ1n) is 14.4. The third-order valence-electron chi connectivity index (χ3n) is 10.4. The van der Waals surface area contributed by atoms with Gasteiger partial charge < -0.3 is 19.8 Å². The SMILES string of the molecule is CN(C(=O)CCc1ccc(C(F)(F)F)cc1)C1CC[C@@]2(O)[C@H]3C(=O)c4ccc(O)c5c4[C@@]2(CCN3CC2CC2)C1O5.Cl. The van der Waals surface area contributed by atoms with E-state index in [1.165, 1.54) is 18.2 Å². The summed E-state index contributed by atoms with van der Waals surface area (Å²) in [5.41, 5.74) is -1.38. The van der Waals surface area contributed by atoms with Gasteiger partial charge in [0.1, 0.15) is 17.7 Å². The number of aliphatic hydroxyl groups is 1. The highest BCUT2D eigenvalue weighted by Gasteiger charge is 2.75. The van der Waals surface area contributed by atoms with Gasteiger partial charge in [-0.05, 0) is 74.3 Å². The summed E-state index contributed by atoms with van der Waals surface area (Å²) in [5.74, 6) is 0.360. The number of piperidine rings is 1. The molecule has 2 N–H and O–H groups in total. The number of carbonyl (C=O) groups is 2. The lowest BCUT2D eigenvalue weighted by Crippen LogP contribution is -2.79. The van der Waals surface area contributed by atoms with Crippen molar-refractivity contribution in [2.75, 3.05) is 20.1 Å². The Hall–Kier alpha value is -2.82. The van der Waals surface area contributed by atoms with Crippen LogP contribution in [0.25, 0.3) is 0 Å². The van der Waals surface area contributed by atoms with Crippen molar-refractivity contribution in [1.29, 1.82) is 0 Å². The molecule has 3 fully saturated rings. The standard InChI is InChI=1S/C31H33F3N2O5.ClH/c1-35(23(38)11-6-17-4-7-19(8-5-17)31(32,33)34)21-12-13-30(40)27-25(39)20-9-10-22(37)26-24(20)29(30,28(21)41-26)14-15-36(27)16-18-2-3-18;/h4-5,7-10,18,21,27-28,37,40H,2-3,6,11-16H2,1H3;1H/t21?,27-,28?,29+,30-;/m1./s1. The molecule has 5 aliphatic rings. The number of Topliss-reactive ketones (excluding diaryl/α,β-unsaturated/α-hetero) is 1. The fourth-order valence-corrected chi connectivity index (χ4v) is 8.17. The molecule has 226 valence electrons. The molecule has 5 atom stereocenters. The minimum atomic E-state index is -4.42. The predicted octanol–water partition coefficient (Wildman–Crippen LogP) is 4.50. The van der Waals surface area contributed by atoms with Crippen LogP contribution in [0.15, 0.2) is 36.4 Å². The third kappa shape index (κ3) is 4.08. The second-order valence-corrected chi connectivity index (χ2v) is 12.5. The molecule has 2 unspecified atom stereocenters. The van der Waals surface area contributed by atoms with Gasteiger partial charge in [0.2, 0.25) is 5.91 Å². The Labute approximate surface area is 248 Å². The van der Waals surface area contributed by atoms with Gasteiger partial charge in [-0.2, -0.15) is 13.2 Å². The van der Waals surface area contributed by atoms with Crippen molar-refractivity contribution in [1.82, 2.24) is 9.80 Å². The molecular weight excluding hydrogens is 573 g/mol. The Bertz CT molecular complexity index is 1430. The van der Waals surface area contributed by atoms with E-state index in [9.17, 15) is 33.0 Å². The van der Waals surface area contributed by atoms with E-state index in [0.29, 0.717) is 48.4 Å². The van der Waals surface area contributed by atoms with Crippen molar-refractivity contribution in [3.05, 3.63) is 58.7 Å². The van der Waals surface area contributed by atoms with Gasteiger partial charge in [-0.3, -0.25) is 14.5 Å². The topological polar surface area (TPSA) is 90.3 Å². The van der Waals surface area contributed by atoms with Crippen LogP contribution in [0, 0.1) is 5.92 Å². The lowest BCUT2D eigenvalue weighted by molar-refractivity contribution is -0.188. The van der Waals surface area contributed by atoms with Crippen molar-refractivity contribution in [2.24, 2.45) is 5.92 Å². The average molecular weight is 607 g/mol. The summed E-state index contributed by atoms with van der Waals surface area (Å²) in [6.07, 6.45) is -1.17. The zero-order valence-corrected chi connectivity index (χ0v) is 24.0. The number of alkyl halides is 3. The van der Waals surface area contributed by atoms with Gasteiger partial charge in [-0.15, -0.1) is 12.4 Å². The summed E-state index contributed by atoms with van der Waals surface area (Å²) in [6, 6.07) is 6.82. The molecule has 2 aromatic rings. The van der Waals surface area contributed by atoms with Gasteiger partial charge in [0.05, 0.1) is 17.0 Å². The van der Waals surface area contributed by atoms with E-state index in [1.807, 2.05) is 0 Å². The van der Waals surface area contributed by atoms with Crippen molar-refractivity contribution < 1.29 is 37.7 Å². The lowest BCUT2D eigenvalue weighted by Gasteiger charge is -2.63. The van der Waals surface area contributed by atoms with Gasteiger partial charge in [0.25, 0.3) is 0 Å². The molecule has 11 heteroatoms. The maximum atomic E-state index is 13.9. The van der Waals surface area contributed by atoms with Crippen LogP contribution in [0.5, 0.6) is 11.5 Å². The van der Waals surface area contributed by atoms with Crippen LogP contribution in [-0.4, -0.2) is 75.6 Å². The van der Waals surface area contributed by atoms with Gasteiger partial charge in [0, 0.05) is 37.7 Å². The molecule has 7 rings (SSSR count). The first-order chi connectivity index (χ1) is 19.5. The highest BCUT2D eigenvalue weighted by Crippen LogP contribution is 2.66. The number of likely N-dealkylation sites (N-methyl/N-ethyl adjacent to an activating group) is 1. The van der Waals surface area contributed by atoms with E-state index in [-0.39, 0.29) is 48.4 Å². The molecule has 2 heterocycles. The maximum Gasteiger partial charge on any atom is 0.416 e. The van der Waals surface area contributed by atoms with Crippen LogP contribution in [-0.2, 0) is 22.8 Å². The van der Waals surface area contributed by atoms with Crippen molar-refractivity contribution in [3.8, 4) is 11.5 Å². The molecule has 1 saturated heterocycles. The number of aromatic hydroxyl groups is 1. The largest absolute Gasteiger partial charge is 0.504 e. The van der Waals surface area contributed by atoms with Crippen LogP contribution in [0.2, 0.25) is 0 Å². The number of ketones is 1. The Morgan fingerprint density at radius 3 is 2.50 bits per heavy atom. The molecule has 2 aromatic carbocycles. The number of phenols is 1. The van der Waals surface area contributed by atoms with Gasteiger partial charge >= 0.3 is 6.18 Å².